The number of nitrogens with zero attached hydrogens (tertiary/aromatic N) is 10. The first-order valence-corrected chi connectivity index (χ1v) is 36.7. The third-order valence-electron chi connectivity index (χ3n) is 22.5. The molecule has 108 heavy (non-hydrogen) atoms. The molecule has 0 unspecified atom stereocenters. The lowest BCUT2D eigenvalue weighted by atomic mass is 9.83. The Morgan fingerprint density at radius 1 is 0.185 bits per heavy atom. The van der Waals surface area contributed by atoms with Crippen LogP contribution in [0.1, 0.15) is 0 Å². The first-order chi connectivity index (χ1) is 53.7. The van der Waals surface area contributed by atoms with Crippen molar-refractivity contribution < 1.29 is 0 Å². The Labute approximate surface area is 618 Å². The number of benzene rings is 13. The molecule has 0 atom stereocenters. The second-order valence-corrected chi connectivity index (χ2v) is 28.1. The predicted octanol–water partition coefficient (Wildman–Crippen LogP) is 24.5. The molecule has 0 amide bonds. The van der Waals surface area contributed by atoms with Crippen molar-refractivity contribution in [3.05, 3.63) is 365 Å². The van der Waals surface area contributed by atoms with Gasteiger partial charge in [-0.3, -0.25) is 24.1 Å². The molecule has 13 aromatic carbocycles. The summed E-state index contributed by atoms with van der Waals surface area (Å²) in [5.74, 6) is 1.47. The van der Waals surface area contributed by atoms with Crippen molar-refractivity contribution in [2.24, 2.45) is 0 Å². The van der Waals surface area contributed by atoms with Gasteiger partial charge in [0.15, 0.2) is 5.82 Å². The smallest absolute Gasteiger partial charge is 0.165 e. The lowest BCUT2D eigenvalue weighted by Crippen LogP contribution is -2.14. The van der Waals surface area contributed by atoms with E-state index in [1.165, 1.54) is 21.5 Å². The maximum Gasteiger partial charge on any atom is 0.165 e. The monoisotopic (exact) mass is 1380 g/mol. The minimum Gasteiger partial charge on any atom is -0.309 e. The van der Waals surface area contributed by atoms with Crippen molar-refractivity contribution in [2.45, 2.75) is 0 Å². The molecular weight excluding hydrogens is 1320 g/mol. The fourth-order valence-corrected chi connectivity index (χ4v) is 18.0. The van der Waals surface area contributed by atoms with Crippen LogP contribution in [-0.2, 0) is 0 Å². The molecule has 0 bridgehead atoms. The second-order valence-electron chi connectivity index (χ2n) is 28.1. The van der Waals surface area contributed by atoms with Crippen LogP contribution in [0, 0.1) is 0 Å². The average molecular weight is 1380 g/mol. The Kier molecular flexibility index (Phi) is 12.9. The zero-order valence-corrected chi connectivity index (χ0v) is 58.1. The largest absolute Gasteiger partial charge is 0.309 e. The Morgan fingerprint density at radius 3 is 0.917 bits per heavy atom. The van der Waals surface area contributed by atoms with E-state index >= 15 is 0 Å². The average Bonchev–Trinajstić information content (AvgIpc) is 1.35. The molecule has 0 saturated heterocycles. The summed E-state index contributed by atoms with van der Waals surface area (Å²) in [6.07, 6.45) is 11.8. The third-order valence-corrected chi connectivity index (χ3v) is 22.5. The van der Waals surface area contributed by atoms with Gasteiger partial charge in [-0.15, -0.1) is 0 Å². The van der Waals surface area contributed by atoms with Crippen LogP contribution < -0.4 is 0 Å². The van der Waals surface area contributed by atoms with E-state index < -0.39 is 0 Å². The molecule has 23 rings (SSSR count). The molecule has 10 nitrogen and oxygen atoms in total. The van der Waals surface area contributed by atoms with Crippen molar-refractivity contribution in [3.8, 4) is 78.9 Å². The van der Waals surface area contributed by atoms with Gasteiger partial charge in [-0.05, 0) is 137 Å². The van der Waals surface area contributed by atoms with E-state index in [1.54, 1.807) is 0 Å². The van der Waals surface area contributed by atoms with E-state index in [4.69, 9.17) is 19.9 Å². The lowest BCUT2D eigenvalue weighted by molar-refractivity contribution is 0.986. The molecule has 0 aliphatic heterocycles. The lowest BCUT2D eigenvalue weighted by Gasteiger charge is -2.28. The number of pyridine rings is 4. The molecule has 0 spiro atoms. The van der Waals surface area contributed by atoms with E-state index in [0.29, 0.717) is 0 Å². The summed E-state index contributed by atoms with van der Waals surface area (Å²) < 4.78 is 14.6. The van der Waals surface area contributed by atoms with Gasteiger partial charge >= 0.3 is 0 Å². The third kappa shape index (κ3) is 8.65. The highest BCUT2D eigenvalue weighted by molar-refractivity contribution is 6.18. The quantitative estimate of drug-likeness (QED) is 0.137. The van der Waals surface area contributed by atoms with Crippen LogP contribution in [0.4, 0.5) is 0 Å². The molecule has 10 heterocycles. The molecule has 23 aromatic rings. The summed E-state index contributed by atoms with van der Waals surface area (Å²) in [6.45, 7) is 0. The van der Waals surface area contributed by atoms with Gasteiger partial charge in [0, 0.05) is 136 Å². The minimum atomic E-state index is 0.727. The number of rotatable bonds is 10. The molecule has 10 heteroatoms. The van der Waals surface area contributed by atoms with Gasteiger partial charge in [0.2, 0.25) is 0 Å². The van der Waals surface area contributed by atoms with Crippen LogP contribution in [0.2, 0.25) is 0 Å². The van der Waals surface area contributed by atoms with Crippen LogP contribution in [0.25, 0.3) is 210 Å². The number of aromatic nitrogens is 10. The van der Waals surface area contributed by atoms with Crippen molar-refractivity contribution in [1.82, 2.24) is 47.3 Å². The van der Waals surface area contributed by atoms with E-state index in [1.807, 2.05) is 37.2 Å². The predicted molar refractivity (Wildman–Crippen MR) is 445 cm³/mol. The highest BCUT2D eigenvalue weighted by Crippen LogP contribution is 2.54. The van der Waals surface area contributed by atoms with Crippen molar-refractivity contribution in [2.75, 3.05) is 0 Å². The molecule has 0 fully saturated rings. The highest BCUT2D eigenvalue weighted by atomic mass is 15.2. The summed E-state index contributed by atoms with van der Waals surface area (Å²) >= 11 is 0. The van der Waals surface area contributed by atoms with Gasteiger partial charge in [-0.1, -0.05) is 218 Å². The maximum atomic E-state index is 6.52. The standard InChI is InChI=1S/C98H60N10/c1-3-22-61(23-4-1)67-33-21-34-68(62-24-5-2-6-25-62)94(67)95-93(97(107-86-40-19-12-31-74(86)79-59-100-54-51-91(79)107)102-98(108-87-41-20-13-32-75(87)80-60-101-55-52-92(80)108)96(95)106-85-39-18-11-30-73(85)78-58-99-53-50-90(78)106)63-42-44-64(45-43-63)103-88-48-46-65(104-81-35-14-7-26-69(81)70-27-8-15-36-82(70)104)56-76(88)77-57-66(47-49-89(77)103)105-83-37-16-9-28-71(83)72-29-10-17-38-84(72)105/h1-60H. The van der Waals surface area contributed by atoms with E-state index in [9.17, 15) is 0 Å². The SMILES string of the molecule is c1ccc(-c2cccc(-c3ccccc3)c2-c2c(-c3ccc(-n4c5ccc(-n6c7ccccc7c7ccccc76)cc5c5cc(-n6c7ccccc7c7ccccc76)ccc54)cc3)c(-n3c4ccccc4c4cnccc43)nc(-n3c4ccccc4c4cnccc43)c2-n2c3ccccc3c3cnccc32)cc1. The normalized spacial score (nSPS) is 12.1. The van der Waals surface area contributed by atoms with Gasteiger partial charge in [0.1, 0.15) is 5.82 Å². The van der Waals surface area contributed by atoms with Gasteiger partial charge in [0.05, 0.1) is 71.9 Å². The Balaban J connectivity index is 0.878. The number of hydrogen-bond acceptors (Lipinski definition) is 4. The Bertz CT molecular complexity index is 7180. The van der Waals surface area contributed by atoms with Crippen molar-refractivity contribution in [3.63, 3.8) is 0 Å². The van der Waals surface area contributed by atoms with Gasteiger partial charge in [-0.25, -0.2) is 4.98 Å². The maximum absolute atomic E-state index is 6.52. The van der Waals surface area contributed by atoms with E-state index in [2.05, 4.69) is 355 Å². The summed E-state index contributed by atoms with van der Waals surface area (Å²) in [4.78, 5) is 21.1. The fraction of sp³-hybridized carbons (Fsp3) is 0. The van der Waals surface area contributed by atoms with Crippen LogP contribution >= 0.6 is 0 Å². The minimum absolute atomic E-state index is 0.727. The number of hydrogen-bond donors (Lipinski definition) is 0. The molecule has 0 aliphatic rings. The number of fused-ring (bicyclic) bond motifs is 18. The summed E-state index contributed by atoms with van der Waals surface area (Å²) in [6, 6.07) is 120. The molecule has 0 N–H and O–H groups in total. The Morgan fingerprint density at radius 2 is 0.500 bits per heavy atom. The molecular formula is C98H60N10. The van der Waals surface area contributed by atoms with Gasteiger partial charge < -0.3 is 18.3 Å². The molecule has 502 valence electrons. The second kappa shape index (κ2) is 23.4. The summed E-state index contributed by atoms with van der Waals surface area (Å²) in [7, 11) is 0. The molecule has 0 aliphatic carbocycles. The van der Waals surface area contributed by atoms with E-state index in [0.717, 1.165) is 188 Å². The highest BCUT2D eigenvalue weighted by Gasteiger charge is 2.34. The summed E-state index contributed by atoms with van der Waals surface area (Å²) in [5.41, 5.74) is 25.0. The topological polar surface area (TPSA) is 81.1 Å². The van der Waals surface area contributed by atoms with Gasteiger partial charge in [0.25, 0.3) is 0 Å². The Hall–Kier alpha value is -14.7. The first-order valence-electron chi connectivity index (χ1n) is 36.7. The zero-order valence-electron chi connectivity index (χ0n) is 58.1. The molecule has 0 radical (unpaired) electrons. The van der Waals surface area contributed by atoms with Crippen molar-refractivity contribution in [1.29, 1.82) is 0 Å². The zero-order chi connectivity index (χ0) is 70.7. The molecule has 0 saturated carbocycles. The van der Waals surface area contributed by atoms with Crippen LogP contribution in [-0.4, -0.2) is 47.3 Å². The van der Waals surface area contributed by atoms with Crippen LogP contribution in [0.3, 0.4) is 0 Å². The van der Waals surface area contributed by atoms with E-state index in [-0.39, 0.29) is 0 Å². The summed E-state index contributed by atoms with van der Waals surface area (Å²) in [5, 5.41) is 13.4. The fourth-order valence-electron chi connectivity index (χ4n) is 18.0. The van der Waals surface area contributed by atoms with Crippen LogP contribution in [0.15, 0.2) is 365 Å². The van der Waals surface area contributed by atoms with Gasteiger partial charge in [-0.2, -0.15) is 0 Å². The van der Waals surface area contributed by atoms with Crippen LogP contribution in [0.5, 0.6) is 0 Å². The first kappa shape index (κ1) is 59.8. The molecule has 10 aromatic heterocycles. The van der Waals surface area contributed by atoms with Crippen molar-refractivity contribution >= 4 is 131 Å². The number of para-hydroxylation sites is 7.